The van der Waals surface area contributed by atoms with Crippen LogP contribution in [0.1, 0.15) is 35.5 Å². The summed E-state index contributed by atoms with van der Waals surface area (Å²) in [7, 11) is 0. The van der Waals surface area contributed by atoms with Crippen LogP contribution in [-0.2, 0) is 12.4 Å². The van der Waals surface area contributed by atoms with E-state index >= 15 is 0 Å². The lowest BCUT2D eigenvalue weighted by molar-refractivity contribution is -0.144. The van der Waals surface area contributed by atoms with Gasteiger partial charge in [-0.3, -0.25) is 0 Å². The average molecular weight is 479 g/mol. The fraction of sp³-hybridized carbons (Fsp3) is 0.278. The molecular weight excluding hydrogens is 466 g/mol. The minimum atomic E-state index is -4.80. The second-order valence-corrected chi connectivity index (χ2v) is 7.11. The van der Waals surface area contributed by atoms with Crippen LogP contribution >= 0.6 is 15.9 Å². The molecule has 0 saturated heterocycles. The molecule has 0 aliphatic carbocycles. The minimum absolute atomic E-state index is 0.0164. The first-order valence-corrected chi connectivity index (χ1v) is 9.01. The zero-order valence-corrected chi connectivity index (χ0v) is 16.5. The summed E-state index contributed by atoms with van der Waals surface area (Å²) in [5.41, 5.74) is -0.587. The highest BCUT2D eigenvalue weighted by Gasteiger charge is 2.36. The summed E-state index contributed by atoms with van der Waals surface area (Å²) >= 11 is 3.14. The third kappa shape index (κ3) is 4.44. The van der Waals surface area contributed by atoms with Crippen LogP contribution < -0.4 is 5.32 Å². The Labute approximate surface area is 169 Å². The molecule has 0 aliphatic rings. The van der Waals surface area contributed by atoms with E-state index in [2.05, 4.69) is 36.2 Å². The van der Waals surface area contributed by atoms with Gasteiger partial charge >= 0.3 is 12.4 Å². The first-order chi connectivity index (χ1) is 13.4. The molecular formula is C18H13BrF6N4. The Balaban J connectivity index is 2.09. The topological polar surface area (TPSA) is 50.7 Å². The van der Waals surface area contributed by atoms with E-state index in [4.69, 9.17) is 0 Å². The first-order valence-electron chi connectivity index (χ1n) is 8.21. The van der Waals surface area contributed by atoms with Gasteiger partial charge in [-0.2, -0.15) is 26.3 Å². The summed E-state index contributed by atoms with van der Waals surface area (Å²) in [5, 5.41) is 3.04. The van der Waals surface area contributed by atoms with Crippen molar-refractivity contribution in [3.8, 4) is 0 Å². The second-order valence-electron chi connectivity index (χ2n) is 6.30. The van der Waals surface area contributed by atoms with Crippen LogP contribution in [0, 0.1) is 6.92 Å². The van der Waals surface area contributed by atoms with E-state index in [1.807, 2.05) is 0 Å². The van der Waals surface area contributed by atoms with Gasteiger partial charge < -0.3 is 5.32 Å². The number of pyridine rings is 1. The van der Waals surface area contributed by atoms with Crippen molar-refractivity contribution in [2.24, 2.45) is 0 Å². The van der Waals surface area contributed by atoms with Crippen LogP contribution in [0.2, 0.25) is 0 Å². The van der Waals surface area contributed by atoms with Gasteiger partial charge in [0.2, 0.25) is 5.82 Å². The Morgan fingerprint density at radius 2 is 1.72 bits per heavy atom. The van der Waals surface area contributed by atoms with Gasteiger partial charge in [-0.25, -0.2) is 15.0 Å². The lowest BCUT2D eigenvalue weighted by Crippen LogP contribution is -2.17. The Kier molecular flexibility index (Phi) is 5.46. The van der Waals surface area contributed by atoms with Crippen LogP contribution in [-0.4, -0.2) is 15.0 Å². The maximum atomic E-state index is 13.2. The molecule has 4 nitrogen and oxygen atoms in total. The molecule has 3 aromatic rings. The molecule has 1 atom stereocenters. The number of hydrogen-bond donors (Lipinski definition) is 1. The lowest BCUT2D eigenvalue weighted by atomic mass is 9.97. The number of nitrogens with one attached hydrogen (secondary N) is 1. The van der Waals surface area contributed by atoms with E-state index in [0.717, 1.165) is 12.3 Å². The maximum absolute atomic E-state index is 13.2. The van der Waals surface area contributed by atoms with Crippen LogP contribution in [0.25, 0.3) is 10.9 Å². The SMILES string of the molecule is Cc1c(C(C)Nc2nc(C(F)(F)F)nc3cnc(Br)cc23)cccc1C(F)(F)F. The Morgan fingerprint density at radius 3 is 2.34 bits per heavy atom. The zero-order chi connectivity index (χ0) is 21.6. The molecule has 0 spiro atoms. The number of rotatable bonds is 3. The summed E-state index contributed by atoms with van der Waals surface area (Å²) < 4.78 is 79.4. The third-order valence-electron chi connectivity index (χ3n) is 4.30. The van der Waals surface area contributed by atoms with Gasteiger partial charge in [-0.05, 0) is 53.0 Å². The number of anilines is 1. The number of alkyl halides is 6. The molecule has 1 unspecified atom stereocenters. The molecule has 0 fully saturated rings. The standard InChI is InChI=1S/C18H13BrF6N4/c1-8-10(4-3-5-12(8)17(20,21)22)9(2)27-15-11-6-14(19)26-7-13(11)28-16(29-15)18(23,24)25/h3-7,9H,1-2H3,(H,27,28,29). The molecule has 0 saturated carbocycles. The fourth-order valence-electron chi connectivity index (χ4n) is 2.96. The van der Waals surface area contributed by atoms with Crippen LogP contribution in [0.15, 0.2) is 35.1 Å². The highest BCUT2D eigenvalue weighted by molar-refractivity contribution is 9.10. The van der Waals surface area contributed by atoms with Gasteiger partial charge in [-0.1, -0.05) is 12.1 Å². The van der Waals surface area contributed by atoms with Crippen LogP contribution in [0.5, 0.6) is 0 Å². The number of halogens is 7. The summed E-state index contributed by atoms with van der Waals surface area (Å²) in [6.45, 7) is 2.86. The van der Waals surface area contributed by atoms with Crippen molar-refractivity contribution >= 4 is 32.7 Å². The van der Waals surface area contributed by atoms with Crippen LogP contribution in [0.4, 0.5) is 32.2 Å². The molecule has 0 radical (unpaired) electrons. The number of fused-ring (bicyclic) bond motifs is 1. The molecule has 154 valence electrons. The Hall–Kier alpha value is -2.43. The zero-order valence-electron chi connectivity index (χ0n) is 15.0. The van der Waals surface area contributed by atoms with Crippen molar-refractivity contribution in [3.63, 3.8) is 0 Å². The predicted molar refractivity (Wildman–Crippen MR) is 98.3 cm³/mol. The van der Waals surface area contributed by atoms with E-state index < -0.39 is 29.8 Å². The van der Waals surface area contributed by atoms with E-state index in [9.17, 15) is 26.3 Å². The molecule has 29 heavy (non-hydrogen) atoms. The van der Waals surface area contributed by atoms with Gasteiger partial charge in [0.05, 0.1) is 23.3 Å². The van der Waals surface area contributed by atoms with Crippen molar-refractivity contribution in [1.82, 2.24) is 15.0 Å². The minimum Gasteiger partial charge on any atom is -0.363 e. The Morgan fingerprint density at radius 1 is 1.03 bits per heavy atom. The molecule has 11 heteroatoms. The van der Waals surface area contributed by atoms with E-state index in [0.29, 0.717) is 4.60 Å². The number of benzene rings is 1. The van der Waals surface area contributed by atoms with Gasteiger partial charge in [0.1, 0.15) is 10.4 Å². The molecule has 0 amide bonds. The summed E-state index contributed by atoms with van der Waals surface area (Å²) in [6, 6.07) is 4.36. The quantitative estimate of drug-likeness (QED) is 0.354. The number of nitrogens with zero attached hydrogens (tertiary/aromatic N) is 3. The van der Waals surface area contributed by atoms with Crippen molar-refractivity contribution in [1.29, 1.82) is 0 Å². The van der Waals surface area contributed by atoms with Crippen LogP contribution in [0.3, 0.4) is 0 Å². The van der Waals surface area contributed by atoms with Gasteiger partial charge in [-0.15, -0.1) is 0 Å². The van der Waals surface area contributed by atoms with Gasteiger partial charge in [0.15, 0.2) is 0 Å². The third-order valence-corrected chi connectivity index (χ3v) is 4.74. The molecule has 3 rings (SSSR count). The normalized spacial score (nSPS) is 13.6. The molecule has 0 aliphatic heterocycles. The van der Waals surface area contributed by atoms with Gasteiger partial charge in [0, 0.05) is 5.39 Å². The largest absolute Gasteiger partial charge is 0.451 e. The van der Waals surface area contributed by atoms with Gasteiger partial charge in [0.25, 0.3) is 0 Å². The summed E-state index contributed by atoms with van der Waals surface area (Å²) in [4.78, 5) is 10.9. The van der Waals surface area contributed by atoms with Crippen molar-refractivity contribution in [2.45, 2.75) is 32.2 Å². The summed E-state index contributed by atoms with van der Waals surface area (Å²) in [5.74, 6) is -1.53. The Bertz CT molecular complexity index is 1060. The van der Waals surface area contributed by atoms with E-state index in [1.165, 1.54) is 25.1 Å². The highest BCUT2D eigenvalue weighted by Crippen LogP contribution is 2.36. The first kappa shape index (κ1) is 21.3. The molecule has 0 bridgehead atoms. The maximum Gasteiger partial charge on any atom is 0.451 e. The lowest BCUT2D eigenvalue weighted by Gasteiger charge is -2.21. The predicted octanol–water partition coefficient (Wildman–Crippen LogP) is 6.31. The second kappa shape index (κ2) is 7.43. The number of aromatic nitrogens is 3. The molecule has 1 aromatic carbocycles. The molecule has 2 aromatic heterocycles. The average Bonchev–Trinajstić information content (AvgIpc) is 2.60. The number of hydrogen-bond acceptors (Lipinski definition) is 4. The van der Waals surface area contributed by atoms with E-state index in [-0.39, 0.29) is 27.8 Å². The smallest absolute Gasteiger partial charge is 0.363 e. The monoisotopic (exact) mass is 478 g/mol. The summed E-state index contributed by atoms with van der Waals surface area (Å²) in [6.07, 6.45) is -8.18. The fourth-order valence-corrected chi connectivity index (χ4v) is 3.29. The highest BCUT2D eigenvalue weighted by atomic mass is 79.9. The molecule has 2 heterocycles. The molecule has 1 N–H and O–H groups in total. The van der Waals surface area contributed by atoms with E-state index in [1.54, 1.807) is 6.92 Å². The van der Waals surface area contributed by atoms with Crippen molar-refractivity contribution < 1.29 is 26.3 Å². The van der Waals surface area contributed by atoms with Crippen molar-refractivity contribution in [3.05, 3.63) is 57.6 Å². The van der Waals surface area contributed by atoms with Crippen molar-refractivity contribution in [2.75, 3.05) is 5.32 Å².